The van der Waals surface area contributed by atoms with E-state index in [1.165, 1.54) is 22.9 Å². The summed E-state index contributed by atoms with van der Waals surface area (Å²) in [7, 11) is 0. The summed E-state index contributed by atoms with van der Waals surface area (Å²) in [6, 6.07) is 26.3. The fraction of sp³-hybridized carbons (Fsp3) is 0.174. The molecule has 0 bridgehead atoms. The van der Waals surface area contributed by atoms with Gasteiger partial charge in [0.15, 0.2) is 10.8 Å². The summed E-state index contributed by atoms with van der Waals surface area (Å²) in [5.74, 6) is 0.350. The van der Waals surface area contributed by atoms with Crippen LogP contribution in [0.15, 0.2) is 90.2 Å². The van der Waals surface area contributed by atoms with Crippen molar-refractivity contribution in [2.24, 2.45) is 0 Å². The second-order valence-electron chi connectivity index (χ2n) is 6.86. The third-order valence-corrected chi connectivity index (χ3v) is 5.76. The summed E-state index contributed by atoms with van der Waals surface area (Å²) in [5.41, 5.74) is 3.14. The number of amides is 1. The molecule has 0 saturated carbocycles. The van der Waals surface area contributed by atoms with Crippen molar-refractivity contribution >= 4 is 23.3 Å². The molecule has 2 aromatic carbocycles. The lowest BCUT2D eigenvalue weighted by molar-refractivity contribution is -0.119. The summed E-state index contributed by atoms with van der Waals surface area (Å²) in [6.45, 7) is 2.06. The Kier molecular flexibility index (Phi) is 5.91. The molecule has 1 N–H and O–H groups in total. The number of carbonyl (C=O) groups is 1. The molecular formula is C23H22N4OS. The smallest absolute Gasteiger partial charge is 0.230 e. The molecule has 0 aliphatic heterocycles. The van der Waals surface area contributed by atoms with Crippen molar-refractivity contribution in [1.82, 2.24) is 19.9 Å². The highest BCUT2D eigenvalue weighted by molar-refractivity contribution is 7.99. The van der Waals surface area contributed by atoms with Crippen LogP contribution in [0, 0.1) is 0 Å². The SMILES string of the molecule is CC(NC(=O)CSc1nnc2ccccn12)C(c1ccccc1)c1ccccc1. The monoisotopic (exact) mass is 402 g/mol. The van der Waals surface area contributed by atoms with Gasteiger partial charge in [0, 0.05) is 18.2 Å². The predicted octanol–water partition coefficient (Wildman–Crippen LogP) is 4.16. The van der Waals surface area contributed by atoms with Crippen LogP contribution < -0.4 is 5.32 Å². The zero-order valence-electron chi connectivity index (χ0n) is 16.1. The van der Waals surface area contributed by atoms with Gasteiger partial charge in [0.25, 0.3) is 0 Å². The number of thioether (sulfide) groups is 1. The lowest BCUT2D eigenvalue weighted by Crippen LogP contribution is -2.38. The highest BCUT2D eigenvalue weighted by atomic mass is 32.2. The van der Waals surface area contributed by atoms with Crippen molar-refractivity contribution in [3.63, 3.8) is 0 Å². The van der Waals surface area contributed by atoms with E-state index >= 15 is 0 Å². The molecule has 6 heteroatoms. The molecule has 0 fully saturated rings. The summed E-state index contributed by atoms with van der Waals surface area (Å²) in [4.78, 5) is 12.7. The number of rotatable bonds is 7. The number of nitrogens with zero attached hydrogens (tertiary/aromatic N) is 3. The van der Waals surface area contributed by atoms with E-state index in [-0.39, 0.29) is 23.6 Å². The first-order valence-electron chi connectivity index (χ1n) is 9.54. The van der Waals surface area contributed by atoms with Gasteiger partial charge in [-0.3, -0.25) is 9.20 Å². The maximum atomic E-state index is 12.7. The summed E-state index contributed by atoms with van der Waals surface area (Å²) < 4.78 is 1.89. The molecule has 146 valence electrons. The fourth-order valence-electron chi connectivity index (χ4n) is 3.52. The average Bonchev–Trinajstić information content (AvgIpc) is 3.17. The fourth-order valence-corrected chi connectivity index (χ4v) is 4.25. The van der Waals surface area contributed by atoms with E-state index in [9.17, 15) is 4.79 Å². The Morgan fingerprint density at radius 2 is 1.55 bits per heavy atom. The lowest BCUT2D eigenvalue weighted by atomic mass is 9.86. The Balaban J connectivity index is 1.46. The summed E-state index contributed by atoms with van der Waals surface area (Å²) in [6.07, 6.45) is 1.90. The first-order chi connectivity index (χ1) is 14.2. The number of hydrogen-bond acceptors (Lipinski definition) is 4. The van der Waals surface area contributed by atoms with Gasteiger partial charge in [0.1, 0.15) is 0 Å². The average molecular weight is 403 g/mol. The zero-order chi connectivity index (χ0) is 20.1. The Hall–Kier alpha value is -3.12. The number of pyridine rings is 1. The first-order valence-corrected chi connectivity index (χ1v) is 10.5. The Morgan fingerprint density at radius 1 is 0.931 bits per heavy atom. The van der Waals surface area contributed by atoms with Crippen LogP contribution in [0.3, 0.4) is 0 Å². The Labute approximate surface area is 174 Å². The molecule has 5 nitrogen and oxygen atoms in total. The Bertz CT molecular complexity index is 1040. The highest BCUT2D eigenvalue weighted by Gasteiger charge is 2.23. The van der Waals surface area contributed by atoms with Crippen molar-refractivity contribution in [3.05, 3.63) is 96.2 Å². The highest BCUT2D eigenvalue weighted by Crippen LogP contribution is 2.28. The van der Waals surface area contributed by atoms with Crippen LogP contribution in [0.4, 0.5) is 0 Å². The van der Waals surface area contributed by atoms with Crippen LogP contribution in [0.1, 0.15) is 24.0 Å². The van der Waals surface area contributed by atoms with Crippen LogP contribution in [-0.4, -0.2) is 32.3 Å². The van der Waals surface area contributed by atoms with Crippen molar-refractivity contribution in [1.29, 1.82) is 0 Å². The predicted molar refractivity (Wildman–Crippen MR) is 116 cm³/mol. The van der Waals surface area contributed by atoms with Gasteiger partial charge in [0.05, 0.1) is 5.75 Å². The van der Waals surface area contributed by atoms with E-state index in [0.29, 0.717) is 5.16 Å². The van der Waals surface area contributed by atoms with Gasteiger partial charge in [-0.2, -0.15) is 0 Å². The molecule has 29 heavy (non-hydrogen) atoms. The van der Waals surface area contributed by atoms with Crippen molar-refractivity contribution in [3.8, 4) is 0 Å². The number of nitrogens with one attached hydrogen (secondary N) is 1. The number of carbonyl (C=O) groups excluding carboxylic acids is 1. The molecule has 0 aliphatic carbocycles. The van der Waals surface area contributed by atoms with Crippen LogP contribution >= 0.6 is 11.8 Å². The minimum absolute atomic E-state index is 0.0213. The van der Waals surface area contributed by atoms with Crippen molar-refractivity contribution < 1.29 is 4.79 Å². The maximum absolute atomic E-state index is 12.7. The molecule has 1 amide bonds. The van der Waals surface area contributed by atoms with Crippen LogP contribution in [0.5, 0.6) is 0 Å². The van der Waals surface area contributed by atoms with Gasteiger partial charge in [-0.05, 0) is 30.2 Å². The van der Waals surface area contributed by atoms with Gasteiger partial charge >= 0.3 is 0 Å². The number of hydrogen-bond donors (Lipinski definition) is 1. The van der Waals surface area contributed by atoms with Gasteiger partial charge in [-0.25, -0.2) is 0 Å². The quantitative estimate of drug-likeness (QED) is 0.472. The standard InChI is InChI=1S/C23H22N4OS/c1-17(22(18-10-4-2-5-11-18)19-12-6-3-7-13-19)24-21(28)16-29-23-26-25-20-14-8-9-15-27(20)23/h2-15,17,22H,16H2,1H3,(H,24,28). The minimum atomic E-state index is -0.0527. The second kappa shape index (κ2) is 8.92. The molecular weight excluding hydrogens is 380 g/mol. The Morgan fingerprint density at radius 3 is 2.21 bits per heavy atom. The molecule has 0 saturated heterocycles. The molecule has 0 radical (unpaired) electrons. The van der Waals surface area contributed by atoms with Gasteiger partial charge < -0.3 is 5.32 Å². The summed E-state index contributed by atoms with van der Waals surface area (Å²) >= 11 is 1.39. The molecule has 2 aromatic heterocycles. The molecule has 2 heterocycles. The molecule has 0 spiro atoms. The van der Waals surface area contributed by atoms with Gasteiger partial charge in [-0.1, -0.05) is 78.5 Å². The second-order valence-corrected chi connectivity index (χ2v) is 7.80. The zero-order valence-corrected chi connectivity index (χ0v) is 16.9. The van der Waals surface area contributed by atoms with E-state index < -0.39 is 0 Å². The van der Waals surface area contributed by atoms with Crippen molar-refractivity contribution in [2.45, 2.75) is 24.0 Å². The van der Waals surface area contributed by atoms with E-state index in [2.05, 4.69) is 46.7 Å². The normalized spacial score (nSPS) is 12.2. The molecule has 1 atom stereocenters. The molecule has 0 aliphatic rings. The van der Waals surface area contributed by atoms with Gasteiger partial charge in [0.2, 0.25) is 5.91 Å². The molecule has 1 unspecified atom stereocenters. The number of aromatic nitrogens is 3. The van der Waals surface area contributed by atoms with Crippen molar-refractivity contribution in [2.75, 3.05) is 5.75 Å². The van der Waals surface area contributed by atoms with E-state index in [1.54, 1.807) is 0 Å². The number of benzene rings is 2. The van der Waals surface area contributed by atoms with Gasteiger partial charge in [-0.15, -0.1) is 10.2 Å². The minimum Gasteiger partial charge on any atom is -0.352 e. The third-order valence-electron chi connectivity index (χ3n) is 4.82. The number of fused-ring (bicyclic) bond motifs is 1. The lowest BCUT2D eigenvalue weighted by Gasteiger charge is -2.26. The molecule has 4 aromatic rings. The topological polar surface area (TPSA) is 59.3 Å². The van der Waals surface area contributed by atoms with Crippen LogP contribution in [0.25, 0.3) is 5.65 Å². The van der Waals surface area contributed by atoms with Crippen LogP contribution in [-0.2, 0) is 4.79 Å². The van der Waals surface area contributed by atoms with Crippen LogP contribution in [0.2, 0.25) is 0 Å². The van der Waals surface area contributed by atoms with E-state index in [4.69, 9.17) is 0 Å². The summed E-state index contributed by atoms with van der Waals surface area (Å²) in [5, 5.41) is 12.2. The van der Waals surface area contributed by atoms with E-state index in [1.807, 2.05) is 65.2 Å². The first kappa shape index (κ1) is 19.2. The maximum Gasteiger partial charge on any atom is 0.230 e. The third kappa shape index (κ3) is 4.49. The largest absolute Gasteiger partial charge is 0.352 e. The molecule has 4 rings (SSSR count). The van der Waals surface area contributed by atoms with E-state index in [0.717, 1.165) is 5.65 Å².